The Balaban J connectivity index is 1.32. The number of benzene rings is 1. The summed E-state index contributed by atoms with van der Waals surface area (Å²) in [6.07, 6.45) is 5.31. The van der Waals surface area contributed by atoms with Crippen molar-refractivity contribution in [3.8, 4) is 0 Å². The van der Waals surface area contributed by atoms with E-state index in [4.69, 9.17) is 0 Å². The number of rotatable bonds is 5. The molecule has 5 nitrogen and oxygen atoms in total. The lowest BCUT2D eigenvalue weighted by Crippen LogP contribution is -2.49. The van der Waals surface area contributed by atoms with Crippen molar-refractivity contribution in [3.63, 3.8) is 0 Å². The van der Waals surface area contributed by atoms with Crippen LogP contribution in [-0.2, 0) is 17.8 Å². The molecule has 0 aliphatic carbocycles. The fraction of sp³-hybridized carbons (Fsp3) is 0.364. The van der Waals surface area contributed by atoms with Gasteiger partial charge in [-0.25, -0.2) is 4.98 Å². The summed E-state index contributed by atoms with van der Waals surface area (Å²) in [5.41, 5.74) is 2.49. The van der Waals surface area contributed by atoms with Crippen LogP contribution >= 0.6 is 0 Å². The first-order valence-corrected chi connectivity index (χ1v) is 9.76. The van der Waals surface area contributed by atoms with E-state index in [1.807, 2.05) is 29.3 Å². The zero-order chi connectivity index (χ0) is 18.6. The van der Waals surface area contributed by atoms with Gasteiger partial charge in [0, 0.05) is 57.1 Å². The molecule has 140 valence electrons. The highest BCUT2D eigenvalue weighted by molar-refractivity contribution is 5.81. The Kier molecular flexibility index (Phi) is 5.10. The first kappa shape index (κ1) is 17.6. The van der Waals surface area contributed by atoms with Gasteiger partial charge < -0.3 is 14.4 Å². The Morgan fingerprint density at radius 1 is 1.07 bits per heavy atom. The van der Waals surface area contributed by atoms with Gasteiger partial charge in [-0.05, 0) is 48.6 Å². The van der Waals surface area contributed by atoms with E-state index < -0.39 is 0 Å². The van der Waals surface area contributed by atoms with Crippen LogP contribution in [-0.4, -0.2) is 46.5 Å². The molecule has 5 heteroatoms. The molecule has 27 heavy (non-hydrogen) atoms. The normalized spacial score (nSPS) is 14.7. The van der Waals surface area contributed by atoms with Crippen molar-refractivity contribution < 1.29 is 4.79 Å². The van der Waals surface area contributed by atoms with E-state index in [0.717, 1.165) is 45.0 Å². The van der Waals surface area contributed by atoms with E-state index in [1.54, 1.807) is 0 Å². The highest BCUT2D eigenvalue weighted by Gasteiger charge is 2.21. The maximum atomic E-state index is 12.6. The zero-order valence-corrected chi connectivity index (χ0v) is 15.8. The minimum atomic E-state index is 0.252. The van der Waals surface area contributed by atoms with Crippen LogP contribution in [0.15, 0.2) is 54.9 Å². The molecule has 0 unspecified atom stereocenters. The second kappa shape index (κ2) is 7.82. The summed E-state index contributed by atoms with van der Waals surface area (Å²) in [6.45, 7) is 6.35. The molecular formula is C22H26N4O. The van der Waals surface area contributed by atoms with Crippen LogP contribution < -0.4 is 4.90 Å². The number of aromatic nitrogens is 2. The molecule has 0 bridgehead atoms. The number of carbonyl (C=O) groups excluding carboxylic acids is 1. The average Bonchev–Trinajstić information content (AvgIpc) is 3.15. The van der Waals surface area contributed by atoms with E-state index in [2.05, 4.69) is 51.8 Å². The lowest BCUT2D eigenvalue weighted by Gasteiger charge is -2.35. The van der Waals surface area contributed by atoms with Gasteiger partial charge in [0.25, 0.3) is 0 Å². The molecule has 4 rings (SSSR count). The Labute approximate surface area is 160 Å². The minimum absolute atomic E-state index is 0.252. The molecule has 3 heterocycles. The molecular weight excluding hydrogens is 336 g/mol. The molecule has 0 atom stereocenters. The number of carbonyl (C=O) groups is 1. The van der Waals surface area contributed by atoms with Crippen molar-refractivity contribution in [2.75, 3.05) is 31.1 Å². The van der Waals surface area contributed by atoms with Gasteiger partial charge in [0.15, 0.2) is 0 Å². The fourth-order valence-corrected chi connectivity index (χ4v) is 3.80. The Bertz CT molecular complexity index is 910. The first-order valence-electron chi connectivity index (χ1n) is 9.76. The monoisotopic (exact) mass is 362 g/mol. The summed E-state index contributed by atoms with van der Waals surface area (Å²) in [6, 6.07) is 14.6. The third kappa shape index (κ3) is 3.82. The molecule has 0 N–H and O–H groups in total. The summed E-state index contributed by atoms with van der Waals surface area (Å²) in [5.74, 6) is 1.25. The second-order valence-corrected chi connectivity index (χ2v) is 7.05. The van der Waals surface area contributed by atoms with Gasteiger partial charge in [0.1, 0.15) is 5.82 Å². The van der Waals surface area contributed by atoms with Crippen molar-refractivity contribution in [1.29, 1.82) is 0 Å². The summed E-state index contributed by atoms with van der Waals surface area (Å²) >= 11 is 0. The van der Waals surface area contributed by atoms with Crippen LogP contribution in [0.1, 0.15) is 18.9 Å². The van der Waals surface area contributed by atoms with Gasteiger partial charge in [0.05, 0.1) is 0 Å². The van der Waals surface area contributed by atoms with Crippen LogP contribution in [0.2, 0.25) is 0 Å². The quantitative estimate of drug-likeness (QED) is 0.699. The van der Waals surface area contributed by atoms with Crippen molar-refractivity contribution in [1.82, 2.24) is 14.5 Å². The molecule has 1 saturated heterocycles. The average molecular weight is 362 g/mol. The van der Waals surface area contributed by atoms with Crippen LogP contribution in [0.4, 0.5) is 5.82 Å². The van der Waals surface area contributed by atoms with Crippen LogP contribution in [0.25, 0.3) is 10.9 Å². The number of pyridine rings is 1. The maximum absolute atomic E-state index is 12.6. The Hall–Kier alpha value is -2.82. The van der Waals surface area contributed by atoms with E-state index in [9.17, 15) is 4.79 Å². The fourth-order valence-electron chi connectivity index (χ4n) is 3.80. The number of aryl methyl sites for hydroxylation is 2. The van der Waals surface area contributed by atoms with E-state index in [1.165, 1.54) is 16.5 Å². The SMILES string of the molecule is CCn1ccc2ccc(CCC(=O)N3CCN(c4ccccn4)CC3)cc21. The molecule has 3 aromatic rings. The number of hydrogen-bond donors (Lipinski definition) is 0. The standard InChI is InChI=1S/C22H26N4O/c1-2-24-12-10-19-8-6-18(17-20(19)24)7-9-22(27)26-15-13-25(14-16-26)21-5-3-4-11-23-21/h3-6,8,10-12,17H,2,7,9,13-16H2,1H3. The summed E-state index contributed by atoms with van der Waals surface area (Å²) < 4.78 is 2.25. The van der Waals surface area contributed by atoms with Crippen molar-refractivity contribution in [2.45, 2.75) is 26.3 Å². The van der Waals surface area contributed by atoms with Crippen molar-refractivity contribution in [2.24, 2.45) is 0 Å². The molecule has 0 radical (unpaired) electrons. The number of fused-ring (bicyclic) bond motifs is 1. The molecule has 1 amide bonds. The molecule has 0 saturated carbocycles. The predicted molar refractivity (Wildman–Crippen MR) is 109 cm³/mol. The zero-order valence-electron chi connectivity index (χ0n) is 15.8. The predicted octanol–water partition coefficient (Wildman–Crippen LogP) is 3.34. The molecule has 0 spiro atoms. The number of anilines is 1. The number of nitrogens with zero attached hydrogens (tertiary/aromatic N) is 4. The maximum Gasteiger partial charge on any atom is 0.223 e. The number of piperazine rings is 1. The Morgan fingerprint density at radius 3 is 2.67 bits per heavy atom. The summed E-state index contributed by atoms with van der Waals surface area (Å²) in [7, 11) is 0. The molecule has 2 aromatic heterocycles. The van der Waals surface area contributed by atoms with Gasteiger partial charge in [-0.2, -0.15) is 0 Å². The lowest BCUT2D eigenvalue weighted by atomic mass is 10.1. The Morgan fingerprint density at radius 2 is 1.93 bits per heavy atom. The minimum Gasteiger partial charge on any atom is -0.353 e. The largest absolute Gasteiger partial charge is 0.353 e. The molecule has 1 aliphatic heterocycles. The van der Waals surface area contributed by atoms with E-state index in [-0.39, 0.29) is 5.91 Å². The van der Waals surface area contributed by atoms with Crippen LogP contribution in [0.5, 0.6) is 0 Å². The first-order chi connectivity index (χ1) is 13.2. The van der Waals surface area contributed by atoms with Crippen LogP contribution in [0, 0.1) is 0 Å². The molecule has 1 aliphatic rings. The van der Waals surface area contributed by atoms with Gasteiger partial charge in [-0.15, -0.1) is 0 Å². The molecule has 1 aromatic carbocycles. The lowest BCUT2D eigenvalue weighted by molar-refractivity contribution is -0.131. The van der Waals surface area contributed by atoms with Crippen molar-refractivity contribution in [3.05, 3.63) is 60.4 Å². The van der Waals surface area contributed by atoms with E-state index >= 15 is 0 Å². The van der Waals surface area contributed by atoms with Gasteiger partial charge in [-0.3, -0.25) is 4.79 Å². The second-order valence-electron chi connectivity index (χ2n) is 7.05. The molecule has 1 fully saturated rings. The van der Waals surface area contributed by atoms with Gasteiger partial charge in [0.2, 0.25) is 5.91 Å². The van der Waals surface area contributed by atoms with Crippen molar-refractivity contribution >= 4 is 22.6 Å². The topological polar surface area (TPSA) is 41.4 Å². The van der Waals surface area contributed by atoms with E-state index in [0.29, 0.717) is 6.42 Å². The van der Waals surface area contributed by atoms with Gasteiger partial charge >= 0.3 is 0 Å². The third-order valence-electron chi connectivity index (χ3n) is 5.41. The highest BCUT2D eigenvalue weighted by atomic mass is 16.2. The third-order valence-corrected chi connectivity index (χ3v) is 5.41. The van der Waals surface area contributed by atoms with Crippen LogP contribution in [0.3, 0.4) is 0 Å². The smallest absolute Gasteiger partial charge is 0.223 e. The summed E-state index contributed by atoms with van der Waals surface area (Å²) in [5, 5.41) is 1.26. The highest BCUT2D eigenvalue weighted by Crippen LogP contribution is 2.19. The number of hydrogen-bond acceptors (Lipinski definition) is 3. The number of amides is 1. The summed E-state index contributed by atoms with van der Waals surface area (Å²) in [4.78, 5) is 21.3. The van der Waals surface area contributed by atoms with Gasteiger partial charge in [-0.1, -0.05) is 18.2 Å².